The maximum absolute atomic E-state index is 13.0. The minimum atomic E-state index is -1.38. The van der Waals surface area contributed by atoms with Crippen LogP contribution in [0.15, 0.2) is 23.4 Å². The van der Waals surface area contributed by atoms with Gasteiger partial charge in [0, 0.05) is 22.7 Å². The molecule has 31 heavy (non-hydrogen) atoms. The molecule has 0 spiro atoms. The Hall–Kier alpha value is -1.72. The second-order valence-corrected chi connectivity index (χ2v) is 11.5. The number of aromatic nitrogens is 2. The first-order valence-electron chi connectivity index (χ1n) is 11.8. The number of aromatic amines is 1. The van der Waals surface area contributed by atoms with E-state index in [0.29, 0.717) is 12.8 Å². The van der Waals surface area contributed by atoms with E-state index in [1.165, 1.54) is 16.7 Å². The number of hydrogen-bond acceptors (Lipinski definition) is 4. The summed E-state index contributed by atoms with van der Waals surface area (Å²) < 4.78 is 0. The molecular formula is C26H36N2O3. The summed E-state index contributed by atoms with van der Waals surface area (Å²) in [5, 5.41) is 31.0. The third kappa shape index (κ3) is 2.20. The van der Waals surface area contributed by atoms with Crippen molar-refractivity contribution in [2.45, 2.75) is 78.9 Å². The zero-order valence-corrected chi connectivity index (χ0v) is 19.6. The Kier molecular flexibility index (Phi) is 4.23. The van der Waals surface area contributed by atoms with Gasteiger partial charge in [-0.25, -0.2) is 0 Å². The average molecular weight is 425 g/mol. The second kappa shape index (κ2) is 6.20. The number of H-pyrrole nitrogens is 1. The topological polar surface area (TPSA) is 86.2 Å². The van der Waals surface area contributed by atoms with Gasteiger partial charge in [-0.2, -0.15) is 5.10 Å². The summed E-state index contributed by atoms with van der Waals surface area (Å²) in [6.07, 6.45) is 8.26. The van der Waals surface area contributed by atoms with E-state index < -0.39 is 22.5 Å². The van der Waals surface area contributed by atoms with Crippen molar-refractivity contribution in [1.82, 2.24) is 10.2 Å². The van der Waals surface area contributed by atoms with Crippen molar-refractivity contribution in [2.24, 2.45) is 34.0 Å². The van der Waals surface area contributed by atoms with Gasteiger partial charge >= 0.3 is 0 Å². The van der Waals surface area contributed by atoms with E-state index >= 15 is 0 Å². The van der Waals surface area contributed by atoms with E-state index in [-0.39, 0.29) is 29.0 Å². The van der Waals surface area contributed by atoms with Gasteiger partial charge in [0.2, 0.25) is 0 Å². The molecule has 4 aliphatic rings. The first-order chi connectivity index (χ1) is 14.4. The first kappa shape index (κ1) is 21.1. The Balaban J connectivity index is 1.70. The van der Waals surface area contributed by atoms with Crippen LogP contribution in [0.4, 0.5) is 0 Å². The number of carbonyl (C=O) groups is 1. The summed E-state index contributed by atoms with van der Waals surface area (Å²) in [6, 6.07) is 0. The summed E-state index contributed by atoms with van der Waals surface area (Å²) >= 11 is 0. The number of rotatable bonds is 2. The third-order valence-electron chi connectivity index (χ3n) is 10.4. The zero-order valence-electron chi connectivity index (χ0n) is 19.6. The highest BCUT2D eigenvalue weighted by atomic mass is 16.3. The molecule has 168 valence electrons. The molecule has 5 rings (SSSR count). The SMILES string of the molecule is CCC(=O)[C@@]1(O)[C@H](C)CC2C3C=C(C)C4=Cc5[nH]ncc5CC4(C)[C@@]3(C)C(O)CC21C. The van der Waals surface area contributed by atoms with Crippen molar-refractivity contribution in [2.75, 3.05) is 0 Å². The highest BCUT2D eigenvalue weighted by Crippen LogP contribution is 2.72. The Bertz CT molecular complexity index is 1020. The molecule has 0 radical (unpaired) electrons. The summed E-state index contributed by atoms with van der Waals surface area (Å²) in [5.74, 6) is 0.0491. The molecule has 0 aromatic carbocycles. The molecule has 0 aliphatic heterocycles. The molecule has 5 heteroatoms. The van der Waals surface area contributed by atoms with Gasteiger partial charge in [0.15, 0.2) is 5.78 Å². The fourth-order valence-corrected chi connectivity index (χ4v) is 8.40. The Labute approximate surface area is 185 Å². The smallest absolute Gasteiger partial charge is 0.164 e. The molecule has 2 saturated carbocycles. The minimum absolute atomic E-state index is 0.0789. The maximum Gasteiger partial charge on any atom is 0.164 e. The number of aliphatic hydroxyl groups excluding tert-OH is 1. The average Bonchev–Trinajstić information content (AvgIpc) is 3.24. The third-order valence-corrected chi connectivity index (χ3v) is 10.4. The molecule has 0 bridgehead atoms. The summed E-state index contributed by atoms with van der Waals surface area (Å²) in [7, 11) is 0. The van der Waals surface area contributed by atoms with Gasteiger partial charge in [0.05, 0.1) is 18.0 Å². The molecule has 1 aromatic heterocycles. The fraction of sp³-hybridized carbons (Fsp3) is 0.692. The highest BCUT2D eigenvalue weighted by Gasteiger charge is 2.73. The van der Waals surface area contributed by atoms with Crippen LogP contribution < -0.4 is 0 Å². The van der Waals surface area contributed by atoms with Gasteiger partial charge < -0.3 is 10.2 Å². The van der Waals surface area contributed by atoms with Crippen molar-refractivity contribution in [3.8, 4) is 0 Å². The van der Waals surface area contributed by atoms with E-state index in [9.17, 15) is 15.0 Å². The molecule has 1 aromatic rings. The van der Waals surface area contributed by atoms with Gasteiger partial charge in [0.25, 0.3) is 0 Å². The number of fused-ring (bicyclic) bond motifs is 6. The second-order valence-electron chi connectivity index (χ2n) is 11.5. The molecule has 0 amide bonds. The number of nitrogens with zero attached hydrogens (tertiary/aromatic N) is 1. The van der Waals surface area contributed by atoms with E-state index in [1.54, 1.807) is 0 Å². The van der Waals surface area contributed by atoms with Gasteiger partial charge in [0.1, 0.15) is 5.60 Å². The van der Waals surface area contributed by atoms with E-state index in [4.69, 9.17) is 0 Å². The molecule has 0 saturated heterocycles. The van der Waals surface area contributed by atoms with Gasteiger partial charge in [-0.1, -0.05) is 46.3 Å². The van der Waals surface area contributed by atoms with Crippen molar-refractivity contribution < 1.29 is 15.0 Å². The molecule has 5 unspecified atom stereocenters. The highest BCUT2D eigenvalue weighted by molar-refractivity contribution is 5.88. The minimum Gasteiger partial charge on any atom is -0.392 e. The normalized spacial score (nSPS) is 48.1. The molecule has 3 N–H and O–H groups in total. The monoisotopic (exact) mass is 424 g/mol. The maximum atomic E-state index is 13.0. The van der Waals surface area contributed by atoms with Gasteiger partial charge in [-0.3, -0.25) is 9.89 Å². The summed E-state index contributed by atoms with van der Waals surface area (Å²) in [6.45, 7) is 12.6. The zero-order chi connectivity index (χ0) is 22.6. The lowest BCUT2D eigenvalue weighted by Crippen LogP contribution is -2.66. The van der Waals surface area contributed by atoms with Gasteiger partial charge in [-0.15, -0.1) is 0 Å². The Morgan fingerprint density at radius 1 is 1.32 bits per heavy atom. The van der Waals surface area contributed by atoms with Crippen molar-refractivity contribution in [3.63, 3.8) is 0 Å². The number of carbonyl (C=O) groups excluding carboxylic acids is 1. The van der Waals surface area contributed by atoms with Gasteiger partial charge in [-0.05, 0) is 61.2 Å². The predicted octanol–water partition coefficient (Wildman–Crippen LogP) is 4.08. The van der Waals surface area contributed by atoms with Crippen LogP contribution >= 0.6 is 0 Å². The number of allylic oxidation sites excluding steroid dienone is 3. The molecule has 2 fully saturated rings. The molecule has 4 aliphatic carbocycles. The van der Waals surface area contributed by atoms with Crippen LogP contribution in [0.5, 0.6) is 0 Å². The van der Waals surface area contributed by atoms with Crippen LogP contribution in [0.3, 0.4) is 0 Å². The van der Waals surface area contributed by atoms with Crippen molar-refractivity contribution in [3.05, 3.63) is 34.7 Å². The van der Waals surface area contributed by atoms with Crippen molar-refractivity contribution in [1.29, 1.82) is 0 Å². The van der Waals surface area contributed by atoms with Crippen LogP contribution in [-0.4, -0.2) is 37.9 Å². The standard InChI is InChI=1S/C26H36N2O3/c1-7-21(29)26(31)15(3)9-18-19-8-14(2)17-10-20-16(13-27-28-20)11-23(17,4)25(19,6)22(30)12-24(18,26)5/h8,10,13,15,18-19,22,30-31H,7,9,11-12H2,1-6H3,(H,27,28)/t15-,18?,19?,22?,23?,24?,25-,26+/m1/s1. The van der Waals surface area contributed by atoms with E-state index in [1.807, 2.05) is 20.0 Å². The van der Waals surface area contributed by atoms with E-state index in [0.717, 1.165) is 18.5 Å². The fourth-order valence-electron chi connectivity index (χ4n) is 8.40. The quantitative estimate of drug-likeness (QED) is 0.668. The lowest BCUT2D eigenvalue weighted by molar-refractivity contribution is -0.200. The number of aliphatic hydroxyl groups is 2. The van der Waals surface area contributed by atoms with Crippen LogP contribution in [0.2, 0.25) is 0 Å². The Morgan fingerprint density at radius 3 is 2.71 bits per heavy atom. The summed E-state index contributed by atoms with van der Waals surface area (Å²) in [5.41, 5.74) is 2.13. The lowest BCUT2D eigenvalue weighted by Gasteiger charge is -2.65. The van der Waals surface area contributed by atoms with Crippen LogP contribution in [-0.2, 0) is 11.2 Å². The molecular weight excluding hydrogens is 388 g/mol. The summed E-state index contributed by atoms with van der Waals surface area (Å²) in [4.78, 5) is 13.0. The van der Waals surface area contributed by atoms with E-state index in [2.05, 4.69) is 50.0 Å². The molecule has 8 atom stereocenters. The molecule has 1 heterocycles. The Morgan fingerprint density at radius 2 is 2.03 bits per heavy atom. The van der Waals surface area contributed by atoms with Crippen LogP contribution in [0.25, 0.3) is 6.08 Å². The van der Waals surface area contributed by atoms with Crippen LogP contribution in [0, 0.1) is 34.0 Å². The van der Waals surface area contributed by atoms with Crippen molar-refractivity contribution >= 4 is 11.9 Å². The first-order valence-corrected chi connectivity index (χ1v) is 11.8. The number of hydrogen-bond donors (Lipinski definition) is 3. The predicted molar refractivity (Wildman–Crippen MR) is 120 cm³/mol. The van der Waals surface area contributed by atoms with Crippen LogP contribution in [0.1, 0.15) is 72.1 Å². The number of nitrogens with one attached hydrogen (secondary N) is 1. The lowest BCUT2D eigenvalue weighted by atomic mass is 9.39. The largest absolute Gasteiger partial charge is 0.392 e. The number of ketones is 1. The number of Topliss-reactive ketones (excluding diaryl/α,β-unsaturated/α-hetero) is 1. The molecule has 5 nitrogen and oxygen atoms in total.